The predicted octanol–water partition coefficient (Wildman–Crippen LogP) is 2.03. The Kier molecular flexibility index (Phi) is 3.47. The molecule has 23 heavy (non-hydrogen) atoms. The second-order valence-electron chi connectivity index (χ2n) is 5.03. The van der Waals surface area contributed by atoms with Gasteiger partial charge in [0.25, 0.3) is 10.0 Å². The molecule has 2 aromatic rings. The molecule has 2 aromatic carbocycles. The number of hydrogen-bond donors (Lipinski definition) is 1. The van der Waals surface area contributed by atoms with Crippen molar-refractivity contribution in [1.29, 1.82) is 0 Å². The summed E-state index contributed by atoms with van der Waals surface area (Å²) in [5.74, 6) is -1.02. The van der Waals surface area contributed by atoms with E-state index in [0.29, 0.717) is 16.5 Å². The summed E-state index contributed by atoms with van der Waals surface area (Å²) in [6.45, 7) is -2.21. The number of nitrogens with zero attached hydrogens (tertiary/aromatic N) is 1. The van der Waals surface area contributed by atoms with Crippen LogP contribution in [-0.4, -0.2) is 33.6 Å². The molecule has 1 heterocycles. The maximum atomic E-state index is 12.5. The lowest BCUT2D eigenvalue weighted by molar-refractivity contribution is -0.137. The molecule has 0 saturated heterocycles. The maximum Gasteiger partial charge on any atom is 0.405 e. The van der Waals surface area contributed by atoms with Crippen molar-refractivity contribution in [1.82, 2.24) is 5.32 Å². The van der Waals surface area contributed by atoms with Crippen molar-refractivity contribution in [3.63, 3.8) is 0 Å². The van der Waals surface area contributed by atoms with E-state index in [1.165, 1.54) is 12.1 Å². The molecule has 9 heteroatoms. The summed E-state index contributed by atoms with van der Waals surface area (Å²) in [7, 11) is -3.96. The highest BCUT2D eigenvalue weighted by molar-refractivity contribution is 7.93. The Bertz CT molecular complexity index is 889. The van der Waals surface area contributed by atoms with Crippen molar-refractivity contribution in [2.75, 3.05) is 17.4 Å². The second kappa shape index (κ2) is 5.12. The van der Waals surface area contributed by atoms with E-state index in [4.69, 9.17) is 0 Å². The predicted molar refractivity (Wildman–Crippen MR) is 77.5 cm³/mol. The Morgan fingerprint density at radius 1 is 1.13 bits per heavy atom. The first-order chi connectivity index (χ1) is 10.7. The van der Waals surface area contributed by atoms with Gasteiger partial charge in [-0.2, -0.15) is 13.2 Å². The topological polar surface area (TPSA) is 66.5 Å². The number of alkyl halides is 3. The largest absolute Gasteiger partial charge is 0.405 e. The van der Waals surface area contributed by atoms with Crippen LogP contribution in [0.3, 0.4) is 0 Å². The maximum absolute atomic E-state index is 12.5. The first kappa shape index (κ1) is 15.6. The first-order valence-corrected chi connectivity index (χ1v) is 8.02. The van der Waals surface area contributed by atoms with Gasteiger partial charge in [0.1, 0.15) is 13.1 Å². The van der Waals surface area contributed by atoms with Gasteiger partial charge in [-0.3, -0.25) is 9.10 Å². The van der Waals surface area contributed by atoms with E-state index in [-0.39, 0.29) is 4.90 Å². The average Bonchev–Trinajstić information content (AvgIpc) is 2.68. The molecule has 0 atom stereocenters. The number of amides is 1. The van der Waals surface area contributed by atoms with E-state index in [1.54, 1.807) is 29.6 Å². The van der Waals surface area contributed by atoms with E-state index in [1.807, 2.05) is 0 Å². The van der Waals surface area contributed by atoms with Crippen LogP contribution in [0.15, 0.2) is 41.3 Å². The van der Waals surface area contributed by atoms with Crippen LogP contribution >= 0.6 is 0 Å². The van der Waals surface area contributed by atoms with Crippen molar-refractivity contribution in [2.24, 2.45) is 0 Å². The van der Waals surface area contributed by atoms with E-state index >= 15 is 0 Å². The molecular weight excluding hydrogens is 333 g/mol. The number of benzene rings is 2. The van der Waals surface area contributed by atoms with Gasteiger partial charge in [-0.1, -0.05) is 24.3 Å². The summed E-state index contributed by atoms with van der Waals surface area (Å²) in [4.78, 5) is 11.7. The minimum atomic E-state index is -4.55. The Balaban J connectivity index is 1.93. The Morgan fingerprint density at radius 3 is 2.43 bits per heavy atom. The lowest BCUT2D eigenvalue weighted by Crippen LogP contribution is -2.42. The van der Waals surface area contributed by atoms with E-state index in [9.17, 15) is 26.4 Å². The lowest BCUT2D eigenvalue weighted by atomic mass is 10.1. The summed E-state index contributed by atoms with van der Waals surface area (Å²) in [5.41, 5.74) is 0.292. The van der Waals surface area contributed by atoms with E-state index < -0.39 is 35.2 Å². The third-order valence-corrected chi connectivity index (χ3v) is 5.26. The van der Waals surface area contributed by atoms with Gasteiger partial charge in [0.2, 0.25) is 5.91 Å². The third kappa shape index (κ3) is 2.72. The zero-order valence-electron chi connectivity index (χ0n) is 11.6. The summed E-state index contributed by atoms with van der Waals surface area (Å²) in [6, 6.07) is 9.59. The molecule has 3 rings (SSSR count). The van der Waals surface area contributed by atoms with Crippen LogP contribution in [0.2, 0.25) is 0 Å². The highest BCUT2D eigenvalue weighted by atomic mass is 32.2. The van der Waals surface area contributed by atoms with Gasteiger partial charge in [0.15, 0.2) is 0 Å². The molecule has 1 N–H and O–H groups in total. The quantitative estimate of drug-likeness (QED) is 0.926. The van der Waals surface area contributed by atoms with Crippen LogP contribution in [-0.2, 0) is 14.8 Å². The molecule has 0 aliphatic carbocycles. The standard InChI is InChI=1S/C14H11F3N2O3S/c15-14(16,17)8-18-12(20)7-19-10-5-1-3-9-4-2-6-11(13(9)10)23(19,21)22/h1-6H,7-8H2,(H,18,20). The number of rotatable bonds is 3. The summed E-state index contributed by atoms with van der Waals surface area (Å²) in [5, 5.41) is 2.83. The van der Waals surface area contributed by atoms with Crippen LogP contribution < -0.4 is 9.62 Å². The zero-order chi connectivity index (χ0) is 16.8. The number of carbonyl (C=O) groups is 1. The lowest BCUT2D eigenvalue weighted by Gasteiger charge is -2.18. The first-order valence-electron chi connectivity index (χ1n) is 6.58. The molecule has 5 nitrogen and oxygen atoms in total. The van der Waals surface area contributed by atoms with Crippen molar-refractivity contribution in [3.8, 4) is 0 Å². The number of hydrogen-bond acceptors (Lipinski definition) is 3. The third-order valence-electron chi connectivity index (χ3n) is 3.45. The normalized spacial score (nSPS) is 15.9. The average molecular weight is 344 g/mol. The number of carbonyl (C=O) groups excluding carboxylic acids is 1. The van der Waals surface area contributed by atoms with Crippen LogP contribution in [0, 0.1) is 0 Å². The minimum Gasteiger partial charge on any atom is -0.345 e. The second-order valence-corrected chi connectivity index (χ2v) is 6.87. The molecule has 0 fully saturated rings. The molecule has 1 aliphatic heterocycles. The van der Waals surface area contributed by atoms with Crippen LogP contribution in [0.5, 0.6) is 0 Å². The molecule has 122 valence electrons. The monoisotopic (exact) mass is 344 g/mol. The molecule has 1 amide bonds. The summed E-state index contributed by atoms with van der Waals surface area (Å²) < 4.78 is 62.3. The molecule has 0 spiro atoms. The van der Waals surface area contributed by atoms with Crippen LogP contribution in [0.1, 0.15) is 0 Å². The fourth-order valence-electron chi connectivity index (χ4n) is 2.51. The minimum absolute atomic E-state index is 0.0502. The van der Waals surface area contributed by atoms with Gasteiger partial charge in [0.05, 0.1) is 10.6 Å². The van der Waals surface area contributed by atoms with E-state index in [2.05, 4.69) is 0 Å². The molecule has 0 bridgehead atoms. The fourth-order valence-corrected chi connectivity index (χ4v) is 4.18. The fraction of sp³-hybridized carbons (Fsp3) is 0.214. The van der Waals surface area contributed by atoms with Gasteiger partial charge >= 0.3 is 6.18 Å². The molecule has 0 radical (unpaired) electrons. The van der Waals surface area contributed by atoms with Crippen molar-refractivity contribution in [3.05, 3.63) is 36.4 Å². The highest BCUT2D eigenvalue weighted by Crippen LogP contribution is 2.41. The zero-order valence-corrected chi connectivity index (χ0v) is 12.4. The Labute approximate surface area is 129 Å². The number of nitrogens with one attached hydrogen (secondary N) is 1. The van der Waals surface area contributed by atoms with Gasteiger partial charge in [0, 0.05) is 5.39 Å². The van der Waals surface area contributed by atoms with Gasteiger partial charge in [-0.25, -0.2) is 8.42 Å². The van der Waals surface area contributed by atoms with Gasteiger partial charge < -0.3 is 5.32 Å². The van der Waals surface area contributed by atoms with E-state index in [0.717, 1.165) is 4.31 Å². The smallest absolute Gasteiger partial charge is 0.345 e. The number of sulfonamides is 1. The molecule has 0 unspecified atom stereocenters. The summed E-state index contributed by atoms with van der Waals surface area (Å²) in [6.07, 6.45) is -4.55. The Morgan fingerprint density at radius 2 is 1.78 bits per heavy atom. The van der Waals surface area contributed by atoms with Crippen LogP contribution in [0.25, 0.3) is 10.8 Å². The molecule has 0 aromatic heterocycles. The Hall–Kier alpha value is -2.29. The molecule has 1 aliphatic rings. The van der Waals surface area contributed by atoms with Crippen molar-refractivity contribution >= 4 is 32.4 Å². The number of anilines is 1. The van der Waals surface area contributed by atoms with Gasteiger partial charge in [-0.15, -0.1) is 0 Å². The molecular formula is C14H11F3N2O3S. The SMILES string of the molecule is O=C(CN1c2cccc3cccc(c23)S1(=O)=O)NCC(F)(F)F. The van der Waals surface area contributed by atoms with Crippen LogP contribution in [0.4, 0.5) is 18.9 Å². The highest BCUT2D eigenvalue weighted by Gasteiger charge is 2.37. The van der Waals surface area contributed by atoms with Crippen molar-refractivity contribution in [2.45, 2.75) is 11.1 Å². The number of halogens is 3. The molecule has 0 saturated carbocycles. The van der Waals surface area contributed by atoms with Crippen molar-refractivity contribution < 1.29 is 26.4 Å². The van der Waals surface area contributed by atoms with Gasteiger partial charge in [-0.05, 0) is 17.5 Å². The summed E-state index contributed by atoms with van der Waals surface area (Å²) >= 11 is 0.